The number of nitrogens with zero attached hydrogens (tertiary/aromatic N) is 1. The quantitative estimate of drug-likeness (QED) is 0.665. The van der Waals surface area contributed by atoms with Crippen LogP contribution in [0.15, 0.2) is 0 Å². The molecule has 18 heavy (non-hydrogen) atoms. The lowest BCUT2D eigenvalue weighted by atomic mass is 10.2. The SMILES string of the molecule is CCN(CC1CCCN1)S(=O)(=O)CCCC(=O)O. The molecular weight excluding hydrogens is 256 g/mol. The second-order valence-corrected chi connectivity index (χ2v) is 6.65. The minimum Gasteiger partial charge on any atom is -0.481 e. The van der Waals surface area contributed by atoms with Gasteiger partial charge in [-0.1, -0.05) is 6.92 Å². The molecule has 0 aliphatic carbocycles. The van der Waals surface area contributed by atoms with Crippen molar-refractivity contribution < 1.29 is 18.3 Å². The van der Waals surface area contributed by atoms with E-state index in [1.54, 1.807) is 0 Å². The molecule has 0 amide bonds. The number of aliphatic carboxylic acids is 1. The van der Waals surface area contributed by atoms with Crippen LogP contribution in [0.5, 0.6) is 0 Å². The van der Waals surface area contributed by atoms with Crippen LogP contribution in [0, 0.1) is 0 Å². The van der Waals surface area contributed by atoms with Gasteiger partial charge in [0.05, 0.1) is 5.75 Å². The van der Waals surface area contributed by atoms with Gasteiger partial charge in [0.1, 0.15) is 0 Å². The second kappa shape index (κ2) is 7.06. The summed E-state index contributed by atoms with van der Waals surface area (Å²) in [6.07, 6.45) is 2.16. The number of nitrogens with one attached hydrogen (secondary N) is 1. The lowest BCUT2D eigenvalue weighted by Crippen LogP contribution is -2.42. The maximum Gasteiger partial charge on any atom is 0.303 e. The Kier molecular flexibility index (Phi) is 6.04. The van der Waals surface area contributed by atoms with Crippen LogP contribution in [0.2, 0.25) is 0 Å². The first kappa shape index (κ1) is 15.4. The molecule has 1 fully saturated rings. The molecule has 0 aromatic carbocycles. The summed E-state index contributed by atoms with van der Waals surface area (Å²) in [5.74, 6) is -1.04. The molecule has 0 radical (unpaired) electrons. The Morgan fingerprint density at radius 1 is 1.50 bits per heavy atom. The van der Waals surface area contributed by atoms with E-state index in [0.29, 0.717) is 13.1 Å². The van der Waals surface area contributed by atoms with Crippen LogP contribution >= 0.6 is 0 Å². The van der Waals surface area contributed by atoms with Crippen molar-refractivity contribution in [3.8, 4) is 0 Å². The predicted molar refractivity (Wildman–Crippen MR) is 68.9 cm³/mol. The van der Waals surface area contributed by atoms with Crippen molar-refractivity contribution in [1.29, 1.82) is 0 Å². The zero-order valence-electron chi connectivity index (χ0n) is 10.8. The maximum absolute atomic E-state index is 12.0. The van der Waals surface area contributed by atoms with Gasteiger partial charge in [-0.15, -0.1) is 0 Å². The minimum atomic E-state index is -3.33. The van der Waals surface area contributed by atoms with Crippen molar-refractivity contribution in [1.82, 2.24) is 9.62 Å². The van der Waals surface area contributed by atoms with Gasteiger partial charge in [-0.05, 0) is 25.8 Å². The van der Waals surface area contributed by atoms with Crippen LogP contribution in [-0.4, -0.2) is 55.2 Å². The largest absolute Gasteiger partial charge is 0.481 e. The Hall–Kier alpha value is -0.660. The topological polar surface area (TPSA) is 86.7 Å². The van der Waals surface area contributed by atoms with E-state index >= 15 is 0 Å². The third-order valence-corrected chi connectivity index (χ3v) is 5.12. The van der Waals surface area contributed by atoms with Crippen molar-refractivity contribution in [2.75, 3.05) is 25.4 Å². The number of carboxylic acid groups (broad SMARTS) is 1. The summed E-state index contributed by atoms with van der Waals surface area (Å²) in [5.41, 5.74) is 0. The van der Waals surface area contributed by atoms with Gasteiger partial charge in [-0.3, -0.25) is 4.79 Å². The molecular formula is C11H22N2O4S. The molecule has 0 aromatic rings. The van der Waals surface area contributed by atoms with Crippen LogP contribution in [0.3, 0.4) is 0 Å². The average Bonchev–Trinajstić information content (AvgIpc) is 2.77. The van der Waals surface area contributed by atoms with Crippen LogP contribution in [-0.2, 0) is 14.8 Å². The molecule has 2 N–H and O–H groups in total. The lowest BCUT2D eigenvalue weighted by Gasteiger charge is -2.23. The first-order valence-electron chi connectivity index (χ1n) is 6.38. The Morgan fingerprint density at radius 2 is 2.22 bits per heavy atom. The highest BCUT2D eigenvalue weighted by atomic mass is 32.2. The smallest absolute Gasteiger partial charge is 0.303 e. The summed E-state index contributed by atoms with van der Waals surface area (Å²) in [7, 11) is -3.33. The molecule has 106 valence electrons. The van der Waals surface area contributed by atoms with Gasteiger partial charge in [-0.25, -0.2) is 12.7 Å². The monoisotopic (exact) mass is 278 g/mol. The Balaban J connectivity index is 2.47. The molecule has 1 heterocycles. The zero-order chi connectivity index (χ0) is 13.6. The number of rotatable bonds is 8. The van der Waals surface area contributed by atoms with Crippen LogP contribution < -0.4 is 5.32 Å². The summed E-state index contributed by atoms with van der Waals surface area (Å²) in [4.78, 5) is 10.4. The summed E-state index contributed by atoms with van der Waals surface area (Å²) in [6, 6.07) is 0.235. The number of carbonyl (C=O) groups is 1. The van der Waals surface area contributed by atoms with Crippen molar-refractivity contribution in [3.63, 3.8) is 0 Å². The number of likely N-dealkylation sites (N-methyl/N-ethyl adjacent to an activating group) is 1. The van der Waals surface area contributed by atoms with E-state index in [-0.39, 0.29) is 24.6 Å². The molecule has 1 atom stereocenters. The van der Waals surface area contributed by atoms with E-state index in [2.05, 4.69) is 5.32 Å². The fourth-order valence-electron chi connectivity index (χ4n) is 2.13. The van der Waals surface area contributed by atoms with Gasteiger partial charge in [0, 0.05) is 25.6 Å². The fourth-order valence-corrected chi connectivity index (χ4v) is 3.70. The van der Waals surface area contributed by atoms with Gasteiger partial charge in [0.25, 0.3) is 0 Å². The molecule has 1 unspecified atom stereocenters. The van der Waals surface area contributed by atoms with Crippen LogP contribution in [0.4, 0.5) is 0 Å². The fraction of sp³-hybridized carbons (Fsp3) is 0.909. The molecule has 1 rings (SSSR count). The van der Waals surface area contributed by atoms with Gasteiger partial charge in [0.15, 0.2) is 0 Å². The Labute approximate surface area is 108 Å². The summed E-state index contributed by atoms with van der Waals surface area (Å²) in [6.45, 7) is 3.68. The van der Waals surface area contributed by atoms with Crippen molar-refractivity contribution in [2.45, 2.75) is 38.6 Å². The third-order valence-electron chi connectivity index (χ3n) is 3.13. The summed E-state index contributed by atoms with van der Waals surface area (Å²) >= 11 is 0. The molecule has 7 heteroatoms. The Morgan fingerprint density at radius 3 is 2.72 bits per heavy atom. The molecule has 1 saturated heterocycles. The maximum atomic E-state index is 12.0. The molecule has 6 nitrogen and oxygen atoms in total. The van der Waals surface area contributed by atoms with Gasteiger partial charge in [-0.2, -0.15) is 0 Å². The number of hydrogen-bond donors (Lipinski definition) is 2. The minimum absolute atomic E-state index is 0.0835. The first-order valence-corrected chi connectivity index (χ1v) is 7.99. The molecule has 0 bridgehead atoms. The normalized spacial score (nSPS) is 20.4. The van der Waals surface area contributed by atoms with Crippen molar-refractivity contribution >= 4 is 16.0 Å². The van der Waals surface area contributed by atoms with Gasteiger partial charge < -0.3 is 10.4 Å². The molecule has 0 spiro atoms. The van der Waals surface area contributed by atoms with E-state index in [1.807, 2.05) is 6.92 Å². The lowest BCUT2D eigenvalue weighted by molar-refractivity contribution is -0.137. The summed E-state index contributed by atoms with van der Waals surface area (Å²) in [5, 5.41) is 11.8. The predicted octanol–water partition coefficient (Wildman–Crippen LogP) is 0.255. The van der Waals surface area contributed by atoms with Crippen LogP contribution in [0.25, 0.3) is 0 Å². The standard InChI is InChI=1S/C11H22N2O4S/c1-2-13(9-10-5-3-7-12-10)18(16,17)8-4-6-11(14)15/h10,12H,2-9H2,1H3,(H,14,15). The molecule has 1 aliphatic rings. The molecule has 1 aliphatic heterocycles. The average molecular weight is 278 g/mol. The highest BCUT2D eigenvalue weighted by molar-refractivity contribution is 7.89. The van der Waals surface area contributed by atoms with Crippen molar-refractivity contribution in [2.24, 2.45) is 0 Å². The van der Waals surface area contributed by atoms with E-state index in [4.69, 9.17) is 5.11 Å². The van der Waals surface area contributed by atoms with Gasteiger partial charge in [0.2, 0.25) is 10.0 Å². The van der Waals surface area contributed by atoms with E-state index in [0.717, 1.165) is 19.4 Å². The number of sulfonamides is 1. The second-order valence-electron chi connectivity index (χ2n) is 4.56. The van der Waals surface area contributed by atoms with E-state index in [9.17, 15) is 13.2 Å². The first-order chi connectivity index (χ1) is 8.45. The number of hydrogen-bond acceptors (Lipinski definition) is 4. The highest BCUT2D eigenvalue weighted by Gasteiger charge is 2.25. The molecule has 0 aromatic heterocycles. The van der Waals surface area contributed by atoms with Crippen molar-refractivity contribution in [3.05, 3.63) is 0 Å². The van der Waals surface area contributed by atoms with E-state index in [1.165, 1.54) is 4.31 Å². The van der Waals surface area contributed by atoms with E-state index < -0.39 is 16.0 Å². The summed E-state index contributed by atoms with van der Waals surface area (Å²) < 4.78 is 25.5. The molecule has 0 saturated carbocycles. The van der Waals surface area contributed by atoms with Gasteiger partial charge >= 0.3 is 5.97 Å². The number of carboxylic acids is 1. The zero-order valence-corrected chi connectivity index (χ0v) is 11.6. The Bertz CT molecular complexity index is 363. The highest BCUT2D eigenvalue weighted by Crippen LogP contribution is 2.11. The third kappa shape index (κ3) is 4.91. The van der Waals surface area contributed by atoms with Crippen LogP contribution in [0.1, 0.15) is 32.6 Å².